The van der Waals surface area contributed by atoms with Crippen LogP contribution < -0.4 is 0 Å². The number of rotatable bonds is 6. The van der Waals surface area contributed by atoms with Crippen LogP contribution in [0.3, 0.4) is 0 Å². The molecule has 22 fully saturated rings. The van der Waals surface area contributed by atoms with Gasteiger partial charge in [-0.3, -0.25) is 0 Å². The molecule has 384 valence electrons. The molecule has 21 saturated heterocycles. The van der Waals surface area contributed by atoms with Gasteiger partial charge in [0.05, 0.1) is 45.2 Å². The average molecular weight is 971 g/mol. The topological polar surface area (TPSA) is 466 Å². The molecule has 1 aliphatic carbocycles. The fourth-order valence-corrected chi connectivity index (χ4v) is 9.41. The molecule has 30 atom stereocenters. The normalized spacial score (nSPS) is 55.4. The summed E-state index contributed by atoms with van der Waals surface area (Å²) >= 11 is 0. The monoisotopic (exact) mass is 970 g/mol. The van der Waals surface area contributed by atoms with Gasteiger partial charge in [-0.2, -0.15) is 0 Å². The van der Waals surface area contributed by atoms with Crippen LogP contribution >= 0.6 is 0 Å². The molecule has 66 heavy (non-hydrogen) atoms. The Morgan fingerprint density at radius 2 is 0.470 bits per heavy atom. The third-order valence-corrected chi connectivity index (χ3v) is 13.2. The van der Waals surface area contributed by atoms with E-state index in [1.165, 1.54) is 0 Å². The van der Waals surface area contributed by atoms with Crippen molar-refractivity contribution in [2.75, 3.05) is 39.6 Å². The number of hydrogen-bond donors (Lipinski definition) is 18. The molecule has 21 heterocycles. The van der Waals surface area contributed by atoms with Gasteiger partial charge in [-0.15, -0.1) is 0 Å². The lowest BCUT2D eigenvalue weighted by molar-refractivity contribution is -0.396. The van der Waals surface area contributed by atoms with Crippen molar-refractivity contribution in [2.24, 2.45) is 5.92 Å². The predicted octanol–water partition coefficient (Wildman–Crippen LogP) is -12.4. The second-order valence-electron chi connectivity index (χ2n) is 17.3. The van der Waals surface area contributed by atoms with Gasteiger partial charge in [0.15, 0.2) is 31.5 Å². The van der Waals surface area contributed by atoms with Gasteiger partial charge < -0.3 is 144 Å². The lowest BCUT2D eigenvalue weighted by atomic mass is 9.80. The van der Waals surface area contributed by atoms with Gasteiger partial charge in [-0.05, 0) is 6.42 Å². The zero-order chi connectivity index (χ0) is 48.0. The minimum absolute atomic E-state index is 0.374. The molecule has 0 aromatic carbocycles. The van der Waals surface area contributed by atoms with E-state index >= 15 is 0 Å². The van der Waals surface area contributed by atoms with E-state index in [1.54, 1.807) is 0 Å². The van der Waals surface area contributed by atoms with Crippen LogP contribution in [0.1, 0.15) is 6.42 Å². The van der Waals surface area contributed by atoms with E-state index in [9.17, 15) is 91.9 Å². The maximum absolute atomic E-state index is 11.3. The van der Waals surface area contributed by atoms with E-state index in [4.69, 9.17) is 52.1 Å². The molecule has 0 spiro atoms. The third-order valence-electron chi connectivity index (χ3n) is 13.2. The number of aliphatic hydroxyl groups excluding tert-OH is 18. The molecule has 0 aromatic rings. The molecule has 18 N–H and O–H groups in total. The Bertz CT molecular complexity index is 1230. The standard InChI is InChI=1S/C37H62O29/c38-2-8-1-9-15(44)16(45)27(8)62-33-23(52)18(47)29(11(4-40)58-33)64-35-25(54)20(49)31(13(6-42)60-35)66-37-26(55)21(50)32(14(7-43)61-37)65-36-24(53)19(48)30(12(5-41)59-36)63-34-22(51)17(46)28(56-9)10(3-39)57-34/h8-55H,1-7H2/t8?,9-,10?,11?,12?,13?,14?,15?,16-,17-,18-,19-,20-,21-,22?,23?,24?,25?,26?,27-,28-,29-,30-,31-,32-,33+,34+,35+,36+,37+/m1/s1. The Hall–Kier alpha value is -1.16. The fourth-order valence-electron chi connectivity index (χ4n) is 9.41. The first-order valence-electron chi connectivity index (χ1n) is 21.4. The Kier molecular flexibility index (Phi) is 17.6. The lowest BCUT2D eigenvalue weighted by Gasteiger charge is -2.50. The maximum atomic E-state index is 11.3. The molecule has 0 aromatic heterocycles. The van der Waals surface area contributed by atoms with Crippen LogP contribution in [0.25, 0.3) is 0 Å². The average Bonchev–Trinajstić information content (AvgIpc) is 3.31. The van der Waals surface area contributed by atoms with Crippen LogP contribution in [0.5, 0.6) is 0 Å². The smallest absolute Gasteiger partial charge is 0.187 e. The van der Waals surface area contributed by atoms with Crippen molar-refractivity contribution < 1.29 is 144 Å². The van der Waals surface area contributed by atoms with E-state index < -0.39 is 224 Å². The molecule has 0 amide bonds. The van der Waals surface area contributed by atoms with E-state index in [0.29, 0.717) is 0 Å². The van der Waals surface area contributed by atoms with Gasteiger partial charge in [0.25, 0.3) is 0 Å². The van der Waals surface area contributed by atoms with E-state index in [0.717, 1.165) is 0 Å². The molecule has 29 heteroatoms. The van der Waals surface area contributed by atoms with Crippen molar-refractivity contribution in [2.45, 2.75) is 184 Å². The van der Waals surface area contributed by atoms with E-state index in [1.807, 2.05) is 0 Å². The Morgan fingerprint density at radius 1 is 0.242 bits per heavy atom. The number of aliphatic hydroxyl groups is 18. The quantitative estimate of drug-likeness (QED) is 0.117. The molecule has 12 unspecified atom stereocenters. The molecule has 21 aliphatic heterocycles. The molecule has 22 rings (SSSR count). The van der Waals surface area contributed by atoms with Gasteiger partial charge >= 0.3 is 0 Å². The van der Waals surface area contributed by atoms with Crippen molar-refractivity contribution in [1.29, 1.82) is 0 Å². The van der Waals surface area contributed by atoms with Crippen LogP contribution in [-0.2, 0) is 52.1 Å². The Morgan fingerprint density at radius 3 is 0.712 bits per heavy atom. The first-order valence-corrected chi connectivity index (χ1v) is 21.4. The third kappa shape index (κ3) is 10.0. The number of ether oxygens (including phenoxy) is 11. The minimum atomic E-state index is -2.14. The summed E-state index contributed by atoms with van der Waals surface area (Å²) in [6, 6.07) is 0. The second kappa shape index (κ2) is 22.1. The summed E-state index contributed by atoms with van der Waals surface area (Å²) in [6.07, 6.45) is -55.3. The summed E-state index contributed by atoms with van der Waals surface area (Å²) in [7, 11) is 0. The molecular weight excluding hydrogens is 908 g/mol. The summed E-state index contributed by atoms with van der Waals surface area (Å²) in [5.74, 6) is -1.17. The Balaban J connectivity index is 1.19. The van der Waals surface area contributed by atoms with Crippen molar-refractivity contribution in [3.05, 3.63) is 0 Å². The molecule has 1 saturated carbocycles. The van der Waals surface area contributed by atoms with E-state index in [2.05, 4.69) is 0 Å². The summed E-state index contributed by atoms with van der Waals surface area (Å²) in [6.45, 7) is -5.65. The summed E-state index contributed by atoms with van der Waals surface area (Å²) in [4.78, 5) is 0. The summed E-state index contributed by atoms with van der Waals surface area (Å²) in [5.41, 5.74) is 0. The van der Waals surface area contributed by atoms with Crippen LogP contribution in [0, 0.1) is 5.92 Å². The molecule has 12 bridgehead atoms. The maximum Gasteiger partial charge on any atom is 0.187 e. The summed E-state index contributed by atoms with van der Waals surface area (Å²) in [5, 5.41) is 196. The van der Waals surface area contributed by atoms with Gasteiger partial charge in [0.1, 0.15) is 134 Å². The first-order chi connectivity index (χ1) is 31.4. The highest BCUT2D eigenvalue weighted by Crippen LogP contribution is 2.39. The van der Waals surface area contributed by atoms with Crippen LogP contribution in [-0.4, -0.2) is 310 Å². The van der Waals surface area contributed by atoms with Gasteiger partial charge in [0.2, 0.25) is 0 Å². The highest BCUT2D eigenvalue weighted by Gasteiger charge is 2.58. The molecule has 0 radical (unpaired) electrons. The van der Waals surface area contributed by atoms with E-state index in [-0.39, 0.29) is 6.42 Å². The first kappa shape index (κ1) is 52.7. The van der Waals surface area contributed by atoms with Crippen molar-refractivity contribution >= 4 is 0 Å². The lowest BCUT2D eigenvalue weighted by Crippen LogP contribution is -2.68. The molecule has 22 aliphatic rings. The fraction of sp³-hybridized carbons (Fsp3) is 1.00. The molecule has 29 nitrogen and oxygen atoms in total. The predicted molar refractivity (Wildman–Crippen MR) is 199 cm³/mol. The van der Waals surface area contributed by atoms with Crippen LogP contribution in [0.15, 0.2) is 0 Å². The van der Waals surface area contributed by atoms with Gasteiger partial charge in [0, 0.05) is 12.5 Å². The van der Waals surface area contributed by atoms with Crippen molar-refractivity contribution in [3.63, 3.8) is 0 Å². The highest BCUT2D eigenvalue weighted by atomic mass is 16.8. The zero-order valence-corrected chi connectivity index (χ0v) is 34.8. The van der Waals surface area contributed by atoms with Crippen molar-refractivity contribution in [1.82, 2.24) is 0 Å². The largest absolute Gasteiger partial charge is 0.396 e. The van der Waals surface area contributed by atoms with Crippen molar-refractivity contribution in [3.8, 4) is 0 Å². The second-order valence-corrected chi connectivity index (χ2v) is 17.3. The number of hydrogen-bond acceptors (Lipinski definition) is 29. The van der Waals surface area contributed by atoms with Crippen LogP contribution in [0.2, 0.25) is 0 Å². The summed E-state index contributed by atoms with van der Waals surface area (Å²) < 4.78 is 62.8. The minimum Gasteiger partial charge on any atom is -0.396 e. The van der Waals surface area contributed by atoms with Gasteiger partial charge in [-0.25, -0.2) is 0 Å². The zero-order valence-electron chi connectivity index (χ0n) is 34.8. The highest BCUT2D eigenvalue weighted by molar-refractivity contribution is 5.02. The molecular formula is C37H62O29. The van der Waals surface area contributed by atoms with Crippen LogP contribution in [0.4, 0.5) is 0 Å². The SMILES string of the molecule is OCC1C[C@H]2O[C@@H]3C(CO)O[C@@H](O[C@@H]4C(CO)O[C@@H](O[C@@H]5C(CO)O[C@@H](O[C@@H]6C(CO)O[C@@H](O[C@@H]7C(CO)O[C@@H](O[C@H]1[C@H](O)C2O)C(O)[C@H]7O)C(O)[C@H]6O)C(O)[C@H]5O)C(O)[C@H]4O)C(O)[C@H]3O. The van der Waals surface area contributed by atoms with Gasteiger partial charge in [-0.1, -0.05) is 0 Å². The Labute approximate surface area is 373 Å².